The number of thiazole rings is 1. The lowest BCUT2D eigenvalue weighted by Crippen LogP contribution is -2.13. The lowest BCUT2D eigenvalue weighted by Gasteiger charge is -2.14. The Labute approximate surface area is 206 Å². The number of nitrogens with zero attached hydrogens (tertiary/aromatic N) is 2. The molecule has 0 aliphatic carbocycles. The van der Waals surface area contributed by atoms with E-state index in [0.717, 1.165) is 11.3 Å². The molecule has 1 aromatic heterocycles. The molecule has 0 bridgehead atoms. The molecule has 1 heterocycles. The molecule has 0 saturated heterocycles. The maximum absolute atomic E-state index is 14.1. The zero-order valence-corrected chi connectivity index (χ0v) is 20.4. The summed E-state index contributed by atoms with van der Waals surface area (Å²) in [7, 11) is -3.95. The van der Waals surface area contributed by atoms with Crippen LogP contribution in [0.5, 0.6) is 17.2 Å². The summed E-state index contributed by atoms with van der Waals surface area (Å²) in [5.41, 5.74) is 1.15. The number of halogens is 1. The minimum absolute atomic E-state index is 0.00275. The van der Waals surface area contributed by atoms with E-state index in [-0.39, 0.29) is 27.4 Å². The second-order valence-corrected chi connectivity index (χ2v) is 10.2. The van der Waals surface area contributed by atoms with E-state index in [2.05, 4.69) is 9.71 Å². The molecule has 1 N–H and O–H groups in total. The van der Waals surface area contributed by atoms with Gasteiger partial charge in [0.15, 0.2) is 5.13 Å². The molecular weight excluding hydrogens is 489 g/mol. The number of anilines is 1. The molecule has 4 aromatic rings. The minimum Gasteiger partial charge on any atom is -0.491 e. The van der Waals surface area contributed by atoms with Gasteiger partial charge < -0.3 is 9.47 Å². The number of hydrogen-bond acceptors (Lipinski definition) is 7. The lowest BCUT2D eigenvalue weighted by molar-refractivity contribution is 0.242. The van der Waals surface area contributed by atoms with Crippen molar-refractivity contribution >= 4 is 26.5 Å². The van der Waals surface area contributed by atoms with Crippen LogP contribution in [0.15, 0.2) is 77.1 Å². The van der Waals surface area contributed by atoms with E-state index in [9.17, 15) is 18.1 Å². The second-order valence-electron chi connectivity index (χ2n) is 7.65. The first kappa shape index (κ1) is 24.2. The summed E-state index contributed by atoms with van der Waals surface area (Å²) >= 11 is 1.13. The van der Waals surface area contributed by atoms with Gasteiger partial charge in [0.1, 0.15) is 29.1 Å². The second kappa shape index (κ2) is 10.1. The third kappa shape index (κ3) is 5.77. The van der Waals surface area contributed by atoms with Gasteiger partial charge in [-0.05, 0) is 67.9 Å². The molecule has 4 rings (SSSR count). The molecule has 0 aliphatic heterocycles. The molecule has 0 radical (unpaired) electrons. The van der Waals surface area contributed by atoms with Gasteiger partial charge in [0, 0.05) is 17.1 Å². The molecule has 178 valence electrons. The highest BCUT2D eigenvalue weighted by Crippen LogP contribution is 2.36. The minimum atomic E-state index is -3.95. The van der Waals surface area contributed by atoms with Crippen LogP contribution < -0.4 is 14.2 Å². The Morgan fingerprint density at radius 3 is 2.46 bits per heavy atom. The number of hydrogen-bond donors (Lipinski definition) is 1. The smallest absolute Gasteiger partial charge is 0.263 e. The van der Waals surface area contributed by atoms with Crippen LogP contribution in [0.4, 0.5) is 9.52 Å². The van der Waals surface area contributed by atoms with E-state index < -0.39 is 15.8 Å². The van der Waals surface area contributed by atoms with Gasteiger partial charge in [0.2, 0.25) is 0 Å². The van der Waals surface area contributed by atoms with Gasteiger partial charge in [-0.25, -0.2) is 17.8 Å². The van der Waals surface area contributed by atoms with E-state index in [0.29, 0.717) is 22.6 Å². The van der Waals surface area contributed by atoms with Crippen LogP contribution >= 0.6 is 11.3 Å². The van der Waals surface area contributed by atoms with Crippen molar-refractivity contribution in [1.82, 2.24) is 4.98 Å². The highest BCUT2D eigenvalue weighted by atomic mass is 32.2. The molecule has 7 nitrogen and oxygen atoms in total. The van der Waals surface area contributed by atoms with Crippen molar-refractivity contribution in [1.29, 1.82) is 5.26 Å². The topological polar surface area (TPSA) is 101 Å². The highest BCUT2D eigenvalue weighted by Gasteiger charge is 2.19. The van der Waals surface area contributed by atoms with Crippen LogP contribution in [0.1, 0.15) is 19.4 Å². The predicted octanol–water partition coefficient (Wildman–Crippen LogP) is 6.20. The van der Waals surface area contributed by atoms with Crippen molar-refractivity contribution in [3.05, 3.63) is 83.6 Å². The number of ether oxygens (including phenoxy) is 2. The van der Waals surface area contributed by atoms with Gasteiger partial charge in [0.05, 0.1) is 16.6 Å². The van der Waals surface area contributed by atoms with Gasteiger partial charge in [0.25, 0.3) is 10.0 Å². The highest BCUT2D eigenvalue weighted by molar-refractivity contribution is 7.93. The average molecular weight is 510 g/mol. The molecule has 0 aliphatic rings. The fraction of sp³-hybridized carbons (Fsp3) is 0.120. The van der Waals surface area contributed by atoms with Crippen molar-refractivity contribution in [2.24, 2.45) is 0 Å². The molecule has 35 heavy (non-hydrogen) atoms. The predicted molar refractivity (Wildman–Crippen MR) is 132 cm³/mol. The number of benzene rings is 3. The summed E-state index contributed by atoms with van der Waals surface area (Å²) in [6.07, 6.45) is 1.49. The molecule has 0 fully saturated rings. The standard InChI is InChI=1S/C25H20FN3O4S2/c1-16(2)32-20-6-3-17(4-7-20)22-14-19(26)5-9-24(22)33-23-10-8-21(13-18(23)15-27)35(30,31)29-25-28-11-12-34-25/h3-14,16H,1-2H3,(H,28,29). The van der Waals surface area contributed by atoms with Crippen LogP contribution in [0.3, 0.4) is 0 Å². The summed E-state index contributed by atoms with van der Waals surface area (Å²) < 4.78 is 53.4. The monoisotopic (exact) mass is 509 g/mol. The molecule has 0 unspecified atom stereocenters. The normalized spacial score (nSPS) is 11.2. The van der Waals surface area contributed by atoms with Crippen LogP contribution in [-0.4, -0.2) is 19.5 Å². The van der Waals surface area contributed by atoms with Gasteiger partial charge in [-0.3, -0.25) is 4.72 Å². The molecular formula is C25H20FN3O4S2. The SMILES string of the molecule is CC(C)Oc1ccc(-c2cc(F)ccc2Oc2ccc(S(=O)(=O)Nc3nccs3)cc2C#N)cc1. The molecule has 0 amide bonds. The van der Waals surface area contributed by atoms with E-state index >= 15 is 0 Å². The number of rotatable bonds is 8. The quantitative estimate of drug-likeness (QED) is 0.303. The fourth-order valence-corrected chi connectivity index (χ4v) is 5.04. The molecule has 10 heteroatoms. The van der Waals surface area contributed by atoms with Crippen LogP contribution in [0.2, 0.25) is 0 Å². The zero-order valence-electron chi connectivity index (χ0n) is 18.7. The first-order valence-electron chi connectivity index (χ1n) is 10.5. The molecule has 0 atom stereocenters. The zero-order chi connectivity index (χ0) is 25.0. The Balaban J connectivity index is 1.65. The summed E-state index contributed by atoms with van der Waals surface area (Å²) in [6.45, 7) is 3.84. The van der Waals surface area contributed by atoms with E-state index in [1.807, 2.05) is 19.9 Å². The first-order chi connectivity index (χ1) is 16.7. The Kier molecular flexibility index (Phi) is 7.00. The molecule has 3 aromatic carbocycles. The maximum atomic E-state index is 14.1. The Morgan fingerprint density at radius 1 is 1.06 bits per heavy atom. The van der Waals surface area contributed by atoms with Crippen molar-refractivity contribution in [2.45, 2.75) is 24.8 Å². The van der Waals surface area contributed by atoms with E-state index in [1.165, 1.54) is 42.6 Å². The van der Waals surface area contributed by atoms with Crippen molar-refractivity contribution < 1.29 is 22.3 Å². The third-order valence-electron chi connectivity index (χ3n) is 4.73. The Bertz CT molecular complexity index is 1480. The number of nitrogens with one attached hydrogen (secondary N) is 1. The maximum Gasteiger partial charge on any atom is 0.263 e. The van der Waals surface area contributed by atoms with Crippen molar-refractivity contribution in [2.75, 3.05) is 4.72 Å². The van der Waals surface area contributed by atoms with Crippen LogP contribution in [-0.2, 0) is 10.0 Å². The largest absolute Gasteiger partial charge is 0.491 e. The number of nitriles is 1. The van der Waals surface area contributed by atoms with Crippen LogP contribution in [0, 0.1) is 17.1 Å². The first-order valence-corrected chi connectivity index (χ1v) is 12.8. The molecule has 0 saturated carbocycles. The van der Waals surface area contributed by atoms with E-state index in [1.54, 1.807) is 29.6 Å². The van der Waals surface area contributed by atoms with Crippen LogP contribution in [0.25, 0.3) is 11.1 Å². The van der Waals surface area contributed by atoms with Gasteiger partial charge in [-0.2, -0.15) is 5.26 Å². The summed E-state index contributed by atoms with van der Waals surface area (Å²) in [5, 5.41) is 11.5. The van der Waals surface area contributed by atoms with Gasteiger partial charge >= 0.3 is 0 Å². The molecule has 0 spiro atoms. The summed E-state index contributed by atoms with van der Waals surface area (Å²) in [5.74, 6) is 0.660. The third-order valence-corrected chi connectivity index (χ3v) is 6.89. The van der Waals surface area contributed by atoms with Crippen molar-refractivity contribution in [3.63, 3.8) is 0 Å². The van der Waals surface area contributed by atoms with E-state index in [4.69, 9.17) is 9.47 Å². The average Bonchev–Trinajstić information content (AvgIpc) is 3.33. The van der Waals surface area contributed by atoms with Crippen molar-refractivity contribution in [3.8, 4) is 34.4 Å². The Morgan fingerprint density at radius 2 is 1.80 bits per heavy atom. The fourth-order valence-electron chi connectivity index (χ4n) is 3.22. The number of aromatic nitrogens is 1. The lowest BCUT2D eigenvalue weighted by atomic mass is 10.0. The summed E-state index contributed by atoms with van der Waals surface area (Å²) in [4.78, 5) is 3.79. The Hall–Kier alpha value is -3.94. The number of sulfonamides is 1. The van der Waals surface area contributed by atoms with Gasteiger partial charge in [-0.1, -0.05) is 12.1 Å². The van der Waals surface area contributed by atoms with Gasteiger partial charge in [-0.15, -0.1) is 11.3 Å². The summed E-state index contributed by atoms with van der Waals surface area (Å²) in [6, 6.07) is 17.0.